The molecule has 2 heterocycles. The number of methoxy groups -OCH3 is 1. The fourth-order valence-corrected chi connectivity index (χ4v) is 5.10. The Bertz CT molecular complexity index is 1720. The lowest BCUT2D eigenvalue weighted by Gasteiger charge is -2.19. The molecule has 1 saturated heterocycles. The quantitative estimate of drug-likeness (QED) is 0.163. The van der Waals surface area contributed by atoms with E-state index >= 15 is 0 Å². The van der Waals surface area contributed by atoms with E-state index in [-0.39, 0.29) is 22.5 Å². The van der Waals surface area contributed by atoms with Crippen molar-refractivity contribution in [3.63, 3.8) is 0 Å². The first-order valence-corrected chi connectivity index (χ1v) is 13.9. The molecule has 10 nitrogen and oxygen atoms in total. The van der Waals surface area contributed by atoms with E-state index in [1.54, 1.807) is 37.6 Å². The largest absolute Gasteiger partial charge is 0.573 e. The normalized spacial score (nSPS) is 14.5. The third-order valence-corrected chi connectivity index (χ3v) is 7.06. The van der Waals surface area contributed by atoms with E-state index < -0.39 is 6.36 Å². The summed E-state index contributed by atoms with van der Waals surface area (Å²) in [5, 5.41) is 9.11. The number of hydrogen-bond acceptors (Lipinski definition) is 8. The van der Waals surface area contributed by atoms with Gasteiger partial charge in [-0.3, -0.25) is 15.1 Å². The number of aliphatic imine (C=N–C) groups is 1. The first-order valence-electron chi connectivity index (χ1n) is 12.5. The number of amides is 1. The molecule has 4 aromatic rings. The Morgan fingerprint density at radius 3 is 2.60 bits per heavy atom. The first kappa shape index (κ1) is 29.7. The van der Waals surface area contributed by atoms with Crippen LogP contribution in [0, 0.1) is 6.92 Å². The van der Waals surface area contributed by atoms with Gasteiger partial charge in [0, 0.05) is 5.56 Å². The zero-order valence-corrected chi connectivity index (χ0v) is 24.2. The summed E-state index contributed by atoms with van der Waals surface area (Å²) in [6.45, 7) is 1.88. The minimum Gasteiger partial charge on any atom is -0.497 e. The summed E-state index contributed by atoms with van der Waals surface area (Å²) < 4.78 is 47.8. The molecule has 0 radical (unpaired) electrons. The van der Waals surface area contributed by atoms with Crippen LogP contribution in [0.25, 0.3) is 17.1 Å². The standard InChI is InChI=1S/C28H22F3N7O3S2/c1-17-12-22(40-2)10-11-23(17)38-24(39)15-43-27(38)34-26(42)35-33-14-18-4-3-5-19(13-18)25-32-16-37(36-25)20-6-8-21(9-7-20)41-28(29,30)31/h3-14,16H,15H2,1-2H3,(H,35,42)/b33-14+,34-27?. The molecule has 0 spiro atoms. The van der Waals surface area contributed by atoms with E-state index in [0.717, 1.165) is 5.56 Å². The van der Waals surface area contributed by atoms with Crippen molar-refractivity contribution in [1.82, 2.24) is 20.2 Å². The van der Waals surface area contributed by atoms with Crippen molar-refractivity contribution in [3.8, 4) is 28.6 Å². The molecular weight excluding hydrogens is 603 g/mol. The molecule has 3 aromatic carbocycles. The Morgan fingerprint density at radius 2 is 1.88 bits per heavy atom. The number of anilines is 1. The van der Waals surface area contributed by atoms with E-state index in [1.807, 2.05) is 25.1 Å². The van der Waals surface area contributed by atoms with Crippen LogP contribution >= 0.6 is 24.0 Å². The number of hydrazone groups is 1. The van der Waals surface area contributed by atoms with Crippen molar-refractivity contribution >= 4 is 52.1 Å². The summed E-state index contributed by atoms with van der Waals surface area (Å²) >= 11 is 6.62. The van der Waals surface area contributed by atoms with Gasteiger partial charge in [0.2, 0.25) is 11.0 Å². The summed E-state index contributed by atoms with van der Waals surface area (Å²) in [6, 6.07) is 17.9. The molecule has 15 heteroatoms. The van der Waals surface area contributed by atoms with Gasteiger partial charge in [-0.25, -0.2) is 9.67 Å². The number of aryl methyl sites for hydroxylation is 1. The number of amidine groups is 1. The Kier molecular flexibility index (Phi) is 8.73. The van der Waals surface area contributed by atoms with Gasteiger partial charge in [0.15, 0.2) is 11.0 Å². The molecule has 1 N–H and O–H groups in total. The lowest BCUT2D eigenvalue weighted by molar-refractivity contribution is -0.274. The van der Waals surface area contributed by atoms with Gasteiger partial charge in [0.1, 0.15) is 17.8 Å². The number of nitrogens with zero attached hydrogens (tertiary/aromatic N) is 6. The number of benzene rings is 3. The number of halogens is 3. The van der Waals surface area contributed by atoms with Gasteiger partial charge in [-0.05, 0) is 78.8 Å². The van der Waals surface area contributed by atoms with E-state index in [4.69, 9.17) is 17.0 Å². The third kappa shape index (κ3) is 7.37. The summed E-state index contributed by atoms with van der Waals surface area (Å²) in [5.41, 5.74) is 6.17. The van der Waals surface area contributed by atoms with E-state index in [2.05, 4.69) is 30.3 Å². The Labute approximate surface area is 253 Å². The van der Waals surface area contributed by atoms with Gasteiger partial charge < -0.3 is 9.47 Å². The highest BCUT2D eigenvalue weighted by molar-refractivity contribution is 8.15. The number of ether oxygens (including phenoxy) is 2. The smallest absolute Gasteiger partial charge is 0.497 e. The molecule has 1 aliphatic rings. The highest BCUT2D eigenvalue weighted by atomic mass is 32.2. The van der Waals surface area contributed by atoms with E-state index in [9.17, 15) is 18.0 Å². The molecule has 1 aliphatic heterocycles. The lowest BCUT2D eigenvalue weighted by atomic mass is 10.1. The second-order valence-corrected chi connectivity index (χ2v) is 10.2. The molecule has 0 saturated carbocycles. The molecule has 43 heavy (non-hydrogen) atoms. The van der Waals surface area contributed by atoms with Crippen LogP contribution in [-0.4, -0.2) is 56.4 Å². The first-order chi connectivity index (χ1) is 20.6. The predicted octanol–water partition coefficient (Wildman–Crippen LogP) is 5.49. The molecule has 1 fully saturated rings. The second-order valence-electron chi connectivity index (χ2n) is 8.92. The SMILES string of the molecule is COc1ccc(N2C(=O)CSC2=NC(=S)N/N=C/c2cccc(-c3ncn(-c4ccc(OC(F)(F)F)cc4)n3)c2)c(C)c1. The lowest BCUT2D eigenvalue weighted by Crippen LogP contribution is -2.31. The van der Waals surface area contributed by atoms with Gasteiger partial charge in [-0.15, -0.1) is 18.3 Å². The van der Waals surface area contributed by atoms with E-state index in [1.165, 1.54) is 51.9 Å². The molecule has 0 unspecified atom stereocenters. The number of rotatable bonds is 7. The summed E-state index contributed by atoms with van der Waals surface area (Å²) in [5.74, 6) is 0.890. The number of thioether (sulfide) groups is 1. The van der Waals surface area contributed by atoms with Gasteiger partial charge >= 0.3 is 6.36 Å². The van der Waals surface area contributed by atoms with Crippen LogP contribution < -0.4 is 19.8 Å². The molecule has 0 atom stereocenters. The molecule has 0 aliphatic carbocycles. The van der Waals surface area contributed by atoms with Crippen molar-refractivity contribution in [2.75, 3.05) is 17.8 Å². The number of carbonyl (C=O) groups excluding carboxylic acids is 1. The number of alkyl halides is 3. The van der Waals surface area contributed by atoms with Crippen molar-refractivity contribution in [3.05, 3.63) is 84.2 Å². The van der Waals surface area contributed by atoms with Crippen LogP contribution in [0.2, 0.25) is 0 Å². The summed E-state index contributed by atoms with van der Waals surface area (Å²) in [4.78, 5) is 22.8. The number of carbonyl (C=O) groups is 1. The number of aromatic nitrogens is 3. The molecule has 0 bridgehead atoms. The minimum atomic E-state index is -4.77. The predicted molar refractivity (Wildman–Crippen MR) is 162 cm³/mol. The van der Waals surface area contributed by atoms with Gasteiger partial charge in [0.25, 0.3) is 0 Å². The van der Waals surface area contributed by atoms with E-state index in [0.29, 0.717) is 39.2 Å². The van der Waals surface area contributed by atoms with Gasteiger partial charge in [0.05, 0.1) is 30.5 Å². The van der Waals surface area contributed by atoms with Crippen molar-refractivity contribution in [2.24, 2.45) is 10.1 Å². The Hall–Kier alpha value is -4.76. The Morgan fingerprint density at radius 1 is 1.12 bits per heavy atom. The van der Waals surface area contributed by atoms with Crippen LogP contribution in [-0.2, 0) is 4.79 Å². The zero-order valence-electron chi connectivity index (χ0n) is 22.6. The highest BCUT2D eigenvalue weighted by Crippen LogP contribution is 2.31. The molecule has 220 valence electrons. The van der Waals surface area contributed by atoms with Crippen LogP contribution in [0.5, 0.6) is 11.5 Å². The summed E-state index contributed by atoms with van der Waals surface area (Å²) in [6.07, 6.45) is -1.76. The Balaban J connectivity index is 1.24. The van der Waals surface area contributed by atoms with Crippen LogP contribution in [0.1, 0.15) is 11.1 Å². The number of hydrogen-bond donors (Lipinski definition) is 1. The highest BCUT2D eigenvalue weighted by Gasteiger charge is 2.32. The molecule has 5 rings (SSSR count). The minimum absolute atomic E-state index is 0.0767. The van der Waals surface area contributed by atoms with Crippen LogP contribution in [0.3, 0.4) is 0 Å². The van der Waals surface area contributed by atoms with Crippen LogP contribution in [0.4, 0.5) is 18.9 Å². The topological polar surface area (TPSA) is 106 Å². The average molecular weight is 626 g/mol. The molecule has 1 amide bonds. The number of nitrogens with one attached hydrogen (secondary N) is 1. The zero-order chi connectivity index (χ0) is 30.6. The van der Waals surface area contributed by atoms with Gasteiger partial charge in [-0.2, -0.15) is 10.1 Å². The van der Waals surface area contributed by atoms with Crippen molar-refractivity contribution < 1.29 is 27.4 Å². The average Bonchev–Trinajstić information content (AvgIpc) is 3.60. The fourth-order valence-electron chi connectivity index (χ4n) is 4.04. The third-order valence-electron chi connectivity index (χ3n) is 5.95. The monoisotopic (exact) mass is 625 g/mol. The van der Waals surface area contributed by atoms with Crippen molar-refractivity contribution in [1.29, 1.82) is 0 Å². The van der Waals surface area contributed by atoms with Crippen molar-refractivity contribution in [2.45, 2.75) is 13.3 Å². The maximum atomic E-state index is 12.6. The maximum Gasteiger partial charge on any atom is 0.573 e. The van der Waals surface area contributed by atoms with Gasteiger partial charge in [-0.1, -0.05) is 30.0 Å². The fraction of sp³-hybridized carbons (Fsp3) is 0.143. The molecule has 1 aromatic heterocycles. The maximum absolute atomic E-state index is 12.6. The number of thiocarbonyl (C=S) groups is 1. The van der Waals surface area contributed by atoms with Crippen LogP contribution in [0.15, 0.2) is 83.2 Å². The summed E-state index contributed by atoms with van der Waals surface area (Å²) in [7, 11) is 1.58. The second kappa shape index (κ2) is 12.6. The molecular formula is C28H22F3N7O3S2.